The van der Waals surface area contributed by atoms with E-state index in [-0.39, 0.29) is 12.2 Å². The van der Waals surface area contributed by atoms with Crippen LogP contribution in [-0.2, 0) is 4.79 Å². The number of nitrogens with two attached hydrogens (primary N) is 1. The molecular weight excluding hydrogens is 369 g/mol. The molecule has 1 unspecified atom stereocenters. The lowest BCUT2D eigenvalue weighted by molar-refractivity contribution is -0.106. The lowest BCUT2D eigenvalue weighted by Gasteiger charge is -2.35. The second-order valence-electron chi connectivity index (χ2n) is 7.49. The maximum absolute atomic E-state index is 13.5. The minimum absolute atomic E-state index is 0.173. The number of rotatable bonds is 4. The van der Waals surface area contributed by atoms with Gasteiger partial charge in [0.1, 0.15) is 11.6 Å². The highest BCUT2D eigenvalue weighted by atomic mass is 19.1. The van der Waals surface area contributed by atoms with Gasteiger partial charge in [0.15, 0.2) is 0 Å². The van der Waals surface area contributed by atoms with E-state index in [2.05, 4.69) is 38.0 Å². The van der Waals surface area contributed by atoms with Crippen LogP contribution in [0.2, 0.25) is 0 Å². The fourth-order valence-electron chi connectivity index (χ4n) is 4.06. The fourth-order valence-corrected chi connectivity index (χ4v) is 4.06. The first-order chi connectivity index (χ1) is 14.2. The quantitative estimate of drug-likeness (QED) is 0.771. The fraction of sp³-hybridized carbons (Fsp3) is 0.455. The third-order valence-electron chi connectivity index (χ3n) is 5.41. The van der Waals surface area contributed by atoms with Gasteiger partial charge in [0, 0.05) is 55.9 Å². The molecule has 2 aliphatic rings. The Hall–Kier alpha value is -2.83. The maximum Gasteiger partial charge on any atom is 0.204 e. The van der Waals surface area contributed by atoms with E-state index in [0.29, 0.717) is 6.04 Å². The Balaban J connectivity index is 0.000000755. The van der Waals surface area contributed by atoms with Gasteiger partial charge >= 0.3 is 0 Å². The van der Waals surface area contributed by atoms with Gasteiger partial charge < -0.3 is 20.9 Å². The van der Waals surface area contributed by atoms with Crippen molar-refractivity contribution in [3.63, 3.8) is 0 Å². The van der Waals surface area contributed by atoms with Gasteiger partial charge in [-0.15, -0.1) is 0 Å². The van der Waals surface area contributed by atoms with Gasteiger partial charge in [-0.2, -0.15) is 0 Å². The lowest BCUT2D eigenvalue weighted by Crippen LogP contribution is -2.42. The van der Waals surface area contributed by atoms with Crippen LogP contribution in [0, 0.1) is 5.82 Å². The molecule has 0 spiro atoms. The van der Waals surface area contributed by atoms with Crippen molar-refractivity contribution < 1.29 is 9.18 Å². The summed E-state index contributed by atoms with van der Waals surface area (Å²) in [5.41, 5.74) is 6.39. The summed E-state index contributed by atoms with van der Waals surface area (Å²) in [5.74, 6) is 0.771. The molecule has 2 aromatic rings. The second kappa shape index (κ2) is 10.6. The van der Waals surface area contributed by atoms with Gasteiger partial charge in [0.2, 0.25) is 6.41 Å². The molecule has 3 N–H and O–H groups in total. The number of nitrogens with one attached hydrogen (secondary N) is 1. The molecule has 0 aliphatic carbocycles. The smallest absolute Gasteiger partial charge is 0.204 e. The number of carbonyl (C=O) groups is 1. The molecule has 29 heavy (non-hydrogen) atoms. The molecule has 3 heterocycles. The molecule has 4 rings (SSSR count). The zero-order valence-corrected chi connectivity index (χ0v) is 16.8. The first-order valence-electron chi connectivity index (χ1n) is 10.3. The van der Waals surface area contributed by atoms with Crippen LogP contribution in [-0.4, -0.2) is 43.6 Å². The SMILES string of the molecule is Fc1cccc(N2CCCC(Nc3cc(N4CCCCC4)ccn3)C2)c1.NC=O. The monoisotopic (exact) mass is 399 g/mol. The molecule has 1 atom stereocenters. The summed E-state index contributed by atoms with van der Waals surface area (Å²) >= 11 is 0. The highest BCUT2D eigenvalue weighted by Gasteiger charge is 2.21. The molecule has 6 nitrogen and oxygen atoms in total. The Kier molecular flexibility index (Phi) is 7.67. The summed E-state index contributed by atoms with van der Waals surface area (Å²) in [7, 11) is 0. The molecular formula is C22H30FN5O. The van der Waals surface area contributed by atoms with Crippen LogP contribution in [0.4, 0.5) is 21.6 Å². The molecule has 0 radical (unpaired) electrons. The third-order valence-corrected chi connectivity index (χ3v) is 5.41. The van der Waals surface area contributed by atoms with Gasteiger partial charge in [0.25, 0.3) is 0 Å². The van der Waals surface area contributed by atoms with Crippen LogP contribution < -0.4 is 20.9 Å². The summed E-state index contributed by atoms with van der Waals surface area (Å²) in [6, 6.07) is 11.5. The van der Waals surface area contributed by atoms with E-state index in [0.717, 1.165) is 50.5 Å². The number of aromatic nitrogens is 1. The van der Waals surface area contributed by atoms with Crippen LogP contribution in [0.1, 0.15) is 32.1 Å². The molecule has 0 bridgehead atoms. The summed E-state index contributed by atoms with van der Waals surface area (Å²) in [6.45, 7) is 4.13. The van der Waals surface area contributed by atoms with Crippen LogP contribution in [0.15, 0.2) is 42.6 Å². The van der Waals surface area contributed by atoms with Crippen LogP contribution in [0.25, 0.3) is 0 Å². The number of halogens is 1. The first-order valence-corrected chi connectivity index (χ1v) is 10.3. The lowest BCUT2D eigenvalue weighted by atomic mass is 10.0. The average Bonchev–Trinajstić information content (AvgIpc) is 2.75. The number of benzene rings is 1. The molecule has 1 aromatic carbocycles. The van der Waals surface area contributed by atoms with E-state index >= 15 is 0 Å². The highest BCUT2D eigenvalue weighted by Crippen LogP contribution is 2.25. The van der Waals surface area contributed by atoms with Crippen molar-refractivity contribution in [1.29, 1.82) is 0 Å². The Morgan fingerprint density at radius 3 is 2.52 bits per heavy atom. The van der Waals surface area contributed by atoms with Crippen molar-refractivity contribution in [3.8, 4) is 0 Å². The van der Waals surface area contributed by atoms with E-state index in [1.54, 1.807) is 12.1 Å². The predicted molar refractivity (Wildman–Crippen MR) is 116 cm³/mol. The first kappa shape index (κ1) is 20.9. The normalized spacial score (nSPS) is 19.1. The molecule has 1 amide bonds. The number of nitrogens with zero attached hydrogens (tertiary/aromatic N) is 3. The molecule has 2 saturated heterocycles. The van der Waals surface area contributed by atoms with Gasteiger partial charge in [-0.05, 0) is 56.4 Å². The standard InChI is InChI=1S/C21H27FN4.CH3NO/c22-17-6-4-8-19(14-17)26-13-5-7-18(16-26)24-21-15-20(9-10-23-21)25-11-2-1-3-12-25;2-1-3/h4,6,8-10,14-15,18H,1-3,5,7,11-13,16H2,(H,23,24);1H,(H2,2,3). The summed E-state index contributed by atoms with van der Waals surface area (Å²) in [6.07, 6.45) is 8.25. The third kappa shape index (κ3) is 6.07. The highest BCUT2D eigenvalue weighted by molar-refractivity contribution is 5.55. The van der Waals surface area contributed by atoms with E-state index in [1.165, 1.54) is 31.0 Å². The Bertz CT molecular complexity index is 781. The number of anilines is 3. The maximum atomic E-state index is 13.5. The minimum Gasteiger partial charge on any atom is -0.372 e. The van der Waals surface area contributed by atoms with Crippen molar-refractivity contribution >= 4 is 23.6 Å². The molecule has 0 saturated carbocycles. The molecule has 2 fully saturated rings. The summed E-state index contributed by atoms with van der Waals surface area (Å²) < 4.78 is 13.5. The van der Waals surface area contributed by atoms with E-state index < -0.39 is 0 Å². The van der Waals surface area contributed by atoms with E-state index in [9.17, 15) is 4.39 Å². The zero-order chi connectivity index (χ0) is 20.5. The van der Waals surface area contributed by atoms with Crippen LogP contribution >= 0.6 is 0 Å². The summed E-state index contributed by atoms with van der Waals surface area (Å²) in [5, 5.41) is 3.60. The number of carbonyl (C=O) groups excluding carboxylic acids is 1. The van der Waals surface area contributed by atoms with Gasteiger partial charge in [-0.25, -0.2) is 9.37 Å². The second-order valence-corrected chi connectivity index (χ2v) is 7.49. The molecule has 156 valence electrons. The van der Waals surface area contributed by atoms with E-state index in [4.69, 9.17) is 4.79 Å². The number of amides is 1. The number of hydrogen-bond acceptors (Lipinski definition) is 5. The van der Waals surface area contributed by atoms with E-state index in [1.807, 2.05) is 12.3 Å². The van der Waals surface area contributed by atoms with Crippen molar-refractivity contribution in [2.75, 3.05) is 41.3 Å². The van der Waals surface area contributed by atoms with Gasteiger partial charge in [-0.1, -0.05) is 6.07 Å². The van der Waals surface area contributed by atoms with Crippen molar-refractivity contribution in [1.82, 2.24) is 4.98 Å². The minimum atomic E-state index is -0.173. The molecule has 7 heteroatoms. The number of primary amides is 1. The molecule has 1 aromatic heterocycles. The average molecular weight is 400 g/mol. The van der Waals surface area contributed by atoms with Crippen LogP contribution in [0.3, 0.4) is 0 Å². The largest absolute Gasteiger partial charge is 0.372 e. The van der Waals surface area contributed by atoms with Crippen molar-refractivity contribution in [3.05, 3.63) is 48.4 Å². The predicted octanol–water partition coefficient (Wildman–Crippen LogP) is 3.39. The topological polar surface area (TPSA) is 74.5 Å². The van der Waals surface area contributed by atoms with Crippen LogP contribution in [0.5, 0.6) is 0 Å². The summed E-state index contributed by atoms with van der Waals surface area (Å²) in [4.78, 5) is 17.8. The van der Waals surface area contributed by atoms with Crippen molar-refractivity contribution in [2.24, 2.45) is 5.73 Å². The number of pyridine rings is 1. The zero-order valence-electron chi connectivity index (χ0n) is 16.8. The number of piperidine rings is 2. The van der Waals surface area contributed by atoms with Gasteiger partial charge in [0.05, 0.1) is 0 Å². The molecule has 2 aliphatic heterocycles. The Morgan fingerprint density at radius 2 is 1.76 bits per heavy atom. The Labute approximate surface area is 171 Å². The number of hydrogen-bond donors (Lipinski definition) is 2. The van der Waals surface area contributed by atoms with Gasteiger partial charge in [-0.3, -0.25) is 4.79 Å². The Morgan fingerprint density at radius 1 is 1.03 bits per heavy atom. The van der Waals surface area contributed by atoms with Crippen molar-refractivity contribution in [2.45, 2.75) is 38.1 Å².